The third-order valence-electron chi connectivity index (χ3n) is 4.31. The van der Waals surface area contributed by atoms with Crippen LogP contribution >= 0.6 is 0 Å². The van der Waals surface area contributed by atoms with Gasteiger partial charge in [0.05, 0.1) is 6.26 Å². The van der Waals surface area contributed by atoms with Crippen LogP contribution in [0, 0.1) is 0 Å². The second-order valence-electron chi connectivity index (χ2n) is 6.38. The summed E-state index contributed by atoms with van der Waals surface area (Å²) >= 11 is 0. The number of benzene rings is 1. The Hall–Kier alpha value is -3.09. The maximum Gasteiger partial charge on any atom is 0.329 e. The van der Waals surface area contributed by atoms with Gasteiger partial charge in [0.15, 0.2) is 12.4 Å². The molecule has 1 atom stereocenters. The molecule has 1 aromatic carbocycles. The summed E-state index contributed by atoms with van der Waals surface area (Å²) in [6.07, 6.45) is 3.21. The monoisotopic (exact) mass is 386 g/mol. The van der Waals surface area contributed by atoms with Crippen LogP contribution in [0.5, 0.6) is 0 Å². The van der Waals surface area contributed by atoms with Crippen LogP contribution in [0.25, 0.3) is 0 Å². The Labute approximate surface area is 164 Å². The number of esters is 1. The zero-order valence-corrected chi connectivity index (χ0v) is 16.1. The minimum Gasteiger partial charge on any atom is -0.459 e. The van der Waals surface area contributed by atoms with Gasteiger partial charge in [-0.3, -0.25) is 9.59 Å². The Morgan fingerprint density at radius 2 is 1.71 bits per heavy atom. The van der Waals surface area contributed by atoms with Gasteiger partial charge in [0, 0.05) is 12.5 Å². The molecule has 1 aromatic heterocycles. The Bertz CT molecular complexity index is 754. The van der Waals surface area contributed by atoms with Crippen LogP contribution in [0.4, 0.5) is 0 Å². The highest BCUT2D eigenvalue weighted by Crippen LogP contribution is 2.07. The van der Waals surface area contributed by atoms with Gasteiger partial charge in [-0.1, -0.05) is 44.2 Å². The van der Waals surface area contributed by atoms with Gasteiger partial charge < -0.3 is 19.8 Å². The van der Waals surface area contributed by atoms with Crippen molar-refractivity contribution in [2.45, 2.75) is 45.2 Å². The van der Waals surface area contributed by atoms with Crippen molar-refractivity contribution in [1.82, 2.24) is 10.6 Å². The molecule has 0 fully saturated rings. The van der Waals surface area contributed by atoms with Crippen LogP contribution in [-0.4, -0.2) is 36.5 Å². The standard InChI is InChI=1S/C21H26N2O5/c1-3-16(4-2)22-19(24)14-28-21(26)17(13-15-9-6-5-7-10-15)23-20(25)18-11-8-12-27-18/h5-12,16-17H,3-4,13-14H2,1-2H3,(H,22,24)(H,23,25)/t17-/m0/s1. The van der Waals surface area contributed by atoms with Crippen molar-refractivity contribution < 1.29 is 23.5 Å². The maximum atomic E-state index is 12.5. The van der Waals surface area contributed by atoms with Crippen LogP contribution in [0.1, 0.15) is 42.8 Å². The third kappa shape index (κ3) is 6.57. The van der Waals surface area contributed by atoms with E-state index in [9.17, 15) is 14.4 Å². The second kappa shape index (κ2) is 10.9. The molecule has 0 radical (unpaired) electrons. The molecule has 0 aliphatic rings. The lowest BCUT2D eigenvalue weighted by molar-refractivity contribution is -0.150. The topological polar surface area (TPSA) is 97.6 Å². The van der Waals surface area contributed by atoms with E-state index < -0.39 is 24.5 Å². The van der Waals surface area contributed by atoms with E-state index in [4.69, 9.17) is 9.15 Å². The molecule has 150 valence electrons. The lowest BCUT2D eigenvalue weighted by Gasteiger charge is -2.18. The first-order chi connectivity index (χ1) is 13.5. The normalized spacial score (nSPS) is 11.7. The Kier molecular flexibility index (Phi) is 8.27. The molecule has 0 saturated carbocycles. The Morgan fingerprint density at radius 1 is 1.00 bits per heavy atom. The van der Waals surface area contributed by atoms with Gasteiger partial charge in [-0.05, 0) is 30.5 Å². The van der Waals surface area contributed by atoms with Gasteiger partial charge in [-0.25, -0.2) is 4.79 Å². The summed E-state index contributed by atoms with van der Waals surface area (Å²) in [6, 6.07) is 11.4. The lowest BCUT2D eigenvalue weighted by Crippen LogP contribution is -2.45. The molecule has 2 N–H and O–H groups in total. The van der Waals surface area contributed by atoms with Crippen LogP contribution in [0.2, 0.25) is 0 Å². The summed E-state index contributed by atoms with van der Waals surface area (Å²) in [6.45, 7) is 3.55. The zero-order valence-electron chi connectivity index (χ0n) is 16.1. The molecule has 7 nitrogen and oxygen atoms in total. The van der Waals surface area contributed by atoms with E-state index in [1.807, 2.05) is 44.2 Å². The van der Waals surface area contributed by atoms with Crippen molar-refractivity contribution >= 4 is 17.8 Å². The number of ether oxygens (including phenoxy) is 1. The van der Waals surface area contributed by atoms with Crippen LogP contribution < -0.4 is 10.6 Å². The van der Waals surface area contributed by atoms with Crippen molar-refractivity contribution in [3.05, 3.63) is 60.1 Å². The van der Waals surface area contributed by atoms with Crippen LogP contribution in [0.15, 0.2) is 53.1 Å². The molecular formula is C21H26N2O5. The second-order valence-corrected chi connectivity index (χ2v) is 6.38. The summed E-state index contributed by atoms with van der Waals surface area (Å²) in [7, 11) is 0. The molecule has 7 heteroatoms. The highest BCUT2D eigenvalue weighted by Gasteiger charge is 2.25. The van der Waals surface area contributed by atoms with Gasteiger partial charge in [-0.15, -0.1) is 0 Å². The molecule has 2 aromatic rings. The molecule has 28 heavy (non-hydrogen) atoms. The Morgan fingerprint density at radius 3 is 2.32 bits per heavy atom. The highest BCUT2D eigenvalue weighted by atomic mass is 16.5. The number of nitrogens with one attached hydrogen (secondary N) is 2. The third-order valence-corrected chi connectivity index (χ3v) is 4.31. The molecule has 0 saturated heterocycles. The summed E-state index contributed by atoms with van der Waals surface area (Å²) in [5.41, 5.74) is 0.852. The van der Waals surface area contributed by atoms with Crippen LogP contribution in [0.3, 0.4) is 0 Å². The molecule has 2 amide bonds. The van der Waals surface area contributed by atoms with Crippen molar-refractivity contribution in [3.63, 3.8) is 0 Å². The van der Waals surface area contributed by atoms with Gasteiger partial charge in [0.1, 0.15) is 6.04 Å². The number of rotatable bonds is 10. The van der Waals surface area contributed by atoms with Crippen molar-refractivity contribution in [2.24, 2.45) is 0 Å². The summed E-state index contributed by atoms with van der Waals surface area (Å²) in [5, 5.41) is 5.42. The fourth-order valence-corrected chi connectivity index (χ4v) is 2.68. The fraction of sp³-hybridized carbons (Fsp3) is 0.381. The smallest absolute Gasteiger partial charge is 0.329 e. The van der Waals surface area contributed by atoms with E-state index in [-0.39, 0.29) is 24.1 Å². The van der Waals surface area contributed by atoms with E-state index in [1.165, 1.54) is 12.3 Å². The van der Waals surface area contributed by atoms with Gasteiger partial charge in [0.2, 0.25) is 0 Å². The van der Waals surface area contributed by atoms with Crippen molar-refractivity contribution in [2.75, 3.05) is 6.61 Å². The predicted octanol–water partition coefficient (Wildman–Crippen LogP) is 2.47. The first-order valence-corrected chi connectivity index (χ1v) is 9.37. The molecule has 2 rings (SSSR count). The molecule has 0 bridgehead atoms. The zero-order chi connectivity index (χ0) is 20.4. The van der Waals surface area contributed by atoms with Crippen molar-refractivity contribution in [3.8, 4) is 0 Å². The van der Waals surface area contributed by atoms with E-state index in [1.54, 1.807) is 6.07 Å². The minimum atomic E-state index is -0.944. The van der Waals surface area contributed by atoms with Gasteiger partial charge in [-0.2, -0.15) is 0 Å². The average molecular weight is 386 g/mol. The molecular weight excluding hydrogens is 360 g/mol. The maximum absolute atomic E-state index is 12.5. The minimum absolute atomic E-state index is 0.0463. The first kappa shape index (κ1) is 21.2. The average Bonchev–Trinajstić information content (AvgIpc) is 3.25. The molecule has 1 heterocycles. The first-order valence-electron chi connectivity index (χ1n) is 9.37. The van der Waals surface area contributed by atoms with Gasteiger partial charge >= 0.3 is 5.97 Å². The molecule has 0 unspecified atom stereocenters. The van der Waals surface area contributed by atoms with E-state index >= 15 is 0 Å². The predicted molar refractivity (Wildman–Crippen MR) is 104 cm³/mol. The number of hydrogen-bond donors (Lipinski definition) is 2. The van der Waals surface area contributed by atoms with E-state index in [2.05, 4.69) is 10.6 Å². The van der Waals surface area contributed by atoms with E-state index in [0.29, 0.717) is 0 Å². The molecule has 0 aliphatic heterocycles. The van der Waals surface area contributed by atoms with Gasteiger partial charge in [0.25, 0.3) is 11.8 Å². The molecule has 0 aliphatic carbocycles. The van der Waals surface area contributed by atoms with Crippen LogP contribution in [-0.2, 0) is 20.7 Å². The number of hydrogen-bond acceptors (Lipinski definition) is 5. The molecule has 0 spiro atoms. The summed E-state index contributed by atoms with van der Waals surface area (Å²) < 4.78 is 10.2. The fourth-order valence-electron chi connectivity index (χ4n) is 2.68. The number of carbonyl (C=O) groups is 3. The highest BCUT2D eigenvalue weighted by molar-refractivity contribution is 5.94. The van der Waals surface area contributed by atoms with E-state index in [0.717, 1.165) is 18.4 Å². The lowest BCUT2D eigenvalue weighted by atomic mass is 10.1. The van der Waals surface area contributed by atoms with Crippen molar-refractivity contribution in [1.29, 1.82) is 0 Å². The SMILES string of the molecule is CCC(CC)NC(=O)COC(=O)[C@H](Cc1ccccc1)NC(=O)c1ccco1. The summed E-state index contributed by atoms with van der Waals surface area (Å²) in [5.74, 6) is -1.47. The quantitative estimate of drug-likeness (QED) is 0.612. The number of amides is 2. The Balaban J connectivity index is 1.99. The largest absolute Gasteiger partial charge is 0.459 e. The summed E-state index contributed by atoms with van der Waals surface area (Å²) in [4.78, 5) is 36.8. The number of furan rings is 1. The number of carbonyl (C=O) groups excluding carboxylic acids is 3.